The van der Waals surface area contributed by atoms with E-state index in [-0.39, 0.29) is 11.0 Å². The summed E-state index contributed by atoms with van der Waals surface area (Å²) >= 11 is 0. The lowest BCUT2D eigenvalue weighted by molar-refractivity contribution is 0.447. The Kier molecular flexibility index (Phi) is 6.90. The van der Waals surface area contributed by atoms with E-state index in [4.69, 9.17) is 0 Å². The molecule has 4 aromatic carbocycles. The SMILES string of the molecule is CC1CCC2=C(C=CCC2)N1c1ccc(/C=C/c2ccc3c(c2)C(C)(C)c2cc(N4c5ccccc5CCC4(C)C)ccc2-3)cc1. The number of nitrogens with zero attached hydrogens (tertiary/aromatic N) is 2. The highest BCUT2D eigenvalue weighted by atomic mass is 15.2. The topological polar surface area (TPSA) is 6.48 Å². The maximum absolute atomic E-state index is 2.58. The van der Waals surface area contributed by atoms with E-state index in [1.54, 1.807) is 5.57 Å². The first kappa shape index (κ1) is 29.1. The zero-order chi connectivity index (χ0) is 31.6. The van der Waals surface area contributed by atoms with Gasteiger partial charge in [-0.1, -0.05) is 86.7 Å². The van der Waals surface area contributed by atoms with Crippen LogP contribution in [0.4, 0.5) is 17.1 Å². The van der Waals surface area contributed by atoms with E-state index in [1.807, 2.05) is 0 Å². The predicted octanol–water partition coefficient (Wildman–Crippen LogP) is 11.6. The maximum atomic E-state index is 2.58. The molecule has 0 saturated carbocycles. The van der Waals surface area contributed by atoms with Gasteiger partial charge in [0.15, 0.2) is 0 Å². The Morgan fingerprint density at radius 3 is 2.24 bits per heavy atom. The van der Waals surface area contributed by atoms with E-state index >= 15 is 0 Å². The van der Waals surface area contributed by atoms with Crippen LogP contribution in [0.5, 0.6) is 0 Å². The highest BCUT2D eigenvalue weighted by Crippen LogP contribution is 2.52. The summed E-state index contributed by atoms with van der Waals surface area (Å²) in [6.07, 6.45) is 16.4. The third-order valence-electron chi connectivity index (χ3n) is 11.2. The summed E-state index contributed by atoms with van der Waals surface area (Å²) in [5.74, 6) is 0. The van der Waals surface area contributed by atoms with Crippen molar-refractivity contribution in [3.8, 4) is 11.1 Å². The molecule has 46 heavy (non-hydrogen) atoms. The minimum atomic E-state index is -0.0716. The average molecular weight is 603 g/mol. The van der Waals surface area contributed by atoms with Crippen LogP contribution in [0.15, 0.2) is 108 Å². The van der Waals surface area contributed by atoms with Gasteiger partial charge in [0.1, 0.15) is 0 Å². The molecule has 0 saturated heterocycles. The van der Waals surface area contributed by atoms with Crippen LogP contribution in [0.3, 0.4) is 0 Å². The smallest absolute Gasteiger partial charge is 0.0448 e. The van der Waals surface area contributed by atoms with Gasteiger partial charge >= 0.3 is 0 Å². The van der Waals surface area contributed by atoms with Gasteiger partial charge in [0.2, 0.25) is 0 Å². The molecule has 0 aromatic heterocycles. The molecule has 0 bridgehead atoms. The fourth-order valence-corrected chi connectivity index (χ4v) is 8.58. The molecule has 1 atom stereocenters. The lowest BCUT2D eigenvalue weighted by atomic mass is 9.81. The number of para-hydroxylation sites is 1. The number of fused-ring (bicyclic) bond motifs is 4. The van der Waals surface area contributed by atoms with Crippen molar-refractivity contribution in [1.29, 1.82) is 0 Å². The minimum Gasteiger partial charge on any atom is -0.339 e. The third kappa shape index (κ3) is 4.77. The van der Waals surface area contributed by atoms with Crippen LogP contribution in [-0.4, -0.2) is 11.6 Å². The molecular weight excluding hydrogens is 556 g/mol. The van der Waals surface area contributed by atoms with Gasteiger partial charge in [-0.2, -0.15) is 0 Å². The molecule has 232 valence electrons. The van der Waals surface area contributed by atoms with Gasteiger partial charge in [-0.3, -0.25) is 0 Å². The molecule has 0 radical (unpaired) electrons. The highest BCUT2D eigenvalue weighted by Gasteiger charge is 2.38. The Morgan fingerprint density at radius 1 is 0.717 bits per heavy atom. The first-order valence-electron chi connectivity index (χ1n) is 17.3. The van der Waals surface area contributed by atoms with Crippen molar-refractivity contribution in [3.05, 3.63) is 136 Å². The summed E-state index contributed by atoms with van der Waals surface area (Å²) in [5.41, 5.74) is 16.5. The monoisotopic (exact) mass is 602 g/mol. The summed E-state index contributed by atoms with van der Waals surface area (Å²) in [5, 5.41) is 0. The number of allylic oxidation sites excluding steroid dienone is 3. The van der Waals surface area contributed by atoms with Crippen LogP contribution in [-0.2, 0) is 11.8 Å². The molecule has 2 nitrogen and oxygen atoms in total. The number of benzene rings is 4. The van der Waals surface area contributed by atoms with E-state index in [1.165, 1.54) is 87.4 Å². The molecule has 4 aliphatic rings. The lowest BCUT2D eigenvalue weighted by Crippen LogP contribution is -2.44. The van der Waals surface area contributed by atoms with Crippen molar-refractivity contribution in [1.82, 2.24) is 0 Å². The van der Waals surface area contributed by atoms with Gasteiger partial charge in [0.25, 0.3) is 0 Å². The number of rotatable bonds is 4. The van der Waals surface area contributed by atoms with Crippen molar-refractivity contribution in [2.75, 3.05) is 9.80 Å². The van der Waals surface area contributed by atoms with E-state index in [2.05, 4.69) is 154 Å². The number of aryl methyl sites for hydroxylation is 1. The second-order valence-corrected chi connectivity index (χ2v) is 15.0. The summed E-state index contributed by atoms with van der Waals surface area (Å²) in [4.78, 5) is 5.14. The van der Waals surface area contributed by atoms with Gasteiger partial charge in [0.05, 0.1) is 0 Å². The Morgan fingerprint density at radius 2 is 1.41 bits per heavy atom. The quantitative estimate of drug-likeness (QED) is 0.214. The summed E-state index contributed by atoms with van der Waals surface area (Å²) in [7, 11) is 0. The number of hydrogen-bond acceptors (Lipinski definition) is 2. The summed E-state index contributed by atoms with van der Waals surface area (Å²) < 4.78 is 0. The Balaban J connectivity index is 1.06. The van der Waals surface area contributed by atoms with Crippen LogP contribution in [0.1, 0.15) is 94.5 Å². The summed E-state index contributed by atoms with van der Waals surface area (Å²) in [6.45, 7) is 11.9. The van der Waals surface area contributed by atoms with Gasteiger partial charge in [-0.05, 0) is 140 Å². The van der Waals surface area contributed by atoms with E-state index in [0.29, 0.717) is 6.04 Å². The Hall–Kier alpha value is -4.30. The third-order valence-corrected chi connectivity index (χ3v) is 11.2. The fraction of sp³-hybridized carbons (Fsp3) is 0.318. The molecule has 0 N–H and O–H groups in total. The standard InChI is InChI=1S/C44H46N2/c1-30-14-20-33-10-6-8-12-41(33)45(30)35-21-17-31(18-22-35)15-16-32-19-24-37-38-25-23-36(29-40(38)44(4,5)39(37)28-32)46-42-13-9-7-11-34(42)26-27-43(46,2)3/h7-9,11-13,15-19,21-25,28-30H,6,10,14,20,26-27H2,1-5H3/b16-15+. The molecule has 2 heterocycles. The Bertz CT molecular complexity index is 1920. The van der Waals surface area contributed by atoms with Gasteiger partial charge in [-0.15, -0.1) is 0 Å². The fourth-order valence-electron chi connectivity index (χ4n) is 8.58. The van der Waals surface area contributed by atoms with E-state index in [9.17, 15) is 0 Å². The average Bonchev–Trinajstić information content (AvgIpc) is 3.29. The van der Waals surface area contributed by atoms with Gasteiger partial charge in [-0.25, -0.2) is 0 Å². The lowest BCUT2D eigenvalue weighted by Gasteiger charge is -2.45. The second kappa shape index (κ2) is 10.9. The molecule has 0 spiro atoms. The van der Waals surface area contributed by atoms with E-state index < -0.39 is 0 Å². The van der Waals surface area contributed by atoms with Crippen LogP contribution in [0, 0.1) is 0 Å². The van der Waals surface area contributed by atoms with Crippen LogP contribution in [0.2, 0.25) is 0 Å². The first-order chi connectivity index (χ1) is 22.2. The van der Waals surface area contributed by atoms with Gasteiger partial charge in [0, 0.05) is 39.8 Å². The van der Waals surface area contributed by atoms with E-state index in [0.717, 1.165) is 12.8 Å². The summed E-state index contributed by atoms with van der Waals surface area (Å²) in [6, 6.07) is 32.9. The normalized spacial score (nSPS) is 20.8. The molecule has 1 unspecified atom stereocenters. The van der Waals surface area contributed by atoms with Crippen molar-refractivity contribution in [3.63, 3.8) is 0 Å². The molecule has 4 aromatic rings. The zero-order valence-corrected chi connectivity index (χ0v) is 28.1. The van der Waals surface area contributed by atoms with Gasteiger partial charge < -0.3 is 9.80 Å². The minimum absolute atomic E-state index is 0.0630. The van der Waals surface area contributed by atoms with Crippen LogP contribution >= 0.6 is 0 Å². The molecule has 8 rings (SSSR count). The predicted molar refractivity (Wildman–Crippen MR) is 197 cm³/mol. The van der Waals surface area contributed by atoms with Crippen molar-refractivity contribution in [2.45, 2.75) is 90.1 Å². The van der Waals surface area contributed by atoms with Crippen LogP contribution in [0.25, 0.3) is 23.3 Å². The second-order valence-electron chi connectivity index (χ2n) is 15.0. The molecule has 0 amide bonds. The highest BCUT2D eigenvalue weighted by molar-refractivity contribution is 5.85. The number of hydrogen-bond donors (Lipinski definition) is 0. The molecule has 0 fully saturated rings. The van der Waals surface area contributed by atoms with Crippen LogP contribution < -0.4 is 9.80 Å². The zero-order valence-electron chi connectivity index (χ0n) is 28.1. The molecule has 2 aliphatic carbocycles. The molecule has 2 aliphatic heterocycles. The van der Waals surface area contributed by atoms with Crippen molar-refractivity contribution >= 4 is 29.2 Å². The molecule has 2 heteroatoms. The maximum Gasteiger partial charge on any atom is 0.0448 e. The van der Waals surface area contributed by atoms with Crippen molar-refractivity contribution < 1.29 is 0 Å². The molecular formula is C44H46N2. The number of anilines is 3. The Labute approximate surface area is 275 Å². The first-order valence-corrected chi connectivity index (χ1v) is 17.3. The largest absolute Gasteiger partial charge is 0.339 e. The van der Waals surface area contributed by atoms with Crippen molar-refractivity contribution in [2.24, 2.45) is 0 Å².